The Balaban J connectivity index is 0.000000423. The fourth-order valence-electron chi connectivity index (χ4n) is 1.24. The molecule has 1 aromatic rings. The highest BCUT2D eigenvalue weighted by atomic mass is 31.0. The minimum atomic E-state index is -0.833. The Hall–Kier alpha value is -0.880. The molecule has 0 spiro atoms. The van der Waals surface area contributed by atoms with E-state index < -0.39 is 5.97 Å². The van der Waals surface area contributed by atoms with Crippen LogP contribution < -0.4 is 5.30 Å². The number of rotatable bonds is 0. The summed E-state index contributed by atoms with van der Waals surface area (Å²) in [7, 11) is 2.78. The van der Waals surface area contributed by atoms with E-state index in [0.29, 0.717) is 0 Å². The molecule has 1 atom stereocenters. The molecule has 2 nitrogen and oxygen atoms in total. The Kier molecular flexibility index (Phi) is 5.53. The van der Waals surface area contributed by atoms with Crippen LogP contribution in [0.1, 0.15) is 29.2 Å². The van der Waals surface area contributed by atoms with Gasteiger partial charge in [-0.1, -0.05) is 6.07 Å². The molecule has 0 heterocycles. The Morgan fingerprint density at radius 3 is 1.93 bits per heavy atom. The van der Waals surface area contributed by atoms with Crippen LogP contribution in [0.2, 0.25) is 0 Å². The third-order valence-corrected chi connectivity index (χ3v) is 3.12. The van der Waals surface area contributed by atoms with E-state index in [-0.39, 0.29) is 0 Å². The molecule has 84 valence electrons. The van der Waals surface area contributed by atoms with Crippen LogP contribution in [0.15, 0.2) is 6.07 Å². The van der Waals surface area contributed by atoms with Gasteiger partial charge in [-0.25, -0.2) is 0 Å². The van der Waals surface area contributed by atoms with Crippen molar-refractivity contribution in [2.24, 2.45) is 0 Å². The van der Waals surface area contributed by atoms with Crippen LogP contribution in [-0.4, -0.2) is 11.1 Å². The van der Waals surface area contributed by atoms with Crippen LogP contribution in [0.5, 0.6) is 0 Å². The Morgan fingerprint density at radius 2 is 1.53 bits per heavy atom. The third-order valence-electron chi connectivity index (χ3n) is 2.52. The van der Waals surface area contributed by atoms with Crippen molar-refractivity contribution in [3.8, 4) is 0 Å². The smallest absolute Gasteiger partial charge is 0.300 e. The molecule has 1 unspecified atom stereocenters. The number of hydrogen-bond donors (Lipinski definition) is 1. The molecule has 0 saturated heterocycles. The first-order valence-corrected chi connectivity index (χ1v) is 5.37. The number of hydrogen-bond acceptors (Lipinski definition) is 1. The summed E-state index contributed by atoms with van der Waals surface area (Å²) in [6.45, 7) is 9.78. The minimum absolute atomic E-state index is 0.833. The SMILES string of the molecule is CC(=O)O.Cc1cc(P)c(C)c(C)c1C. The first kappa shape index (κ1) is 14.1. The first-order chi connectivity index (χ1) is 6.77. The molecule has 1 aromatic carbocycles. The quantitative estimate of drug-likeness (QED) is 0.690. The van der Waals surface area contributed by atoms with Gasteiger partial charge < -0.3 is 5.11 Å². The normalized spacial score (nSPS) is 9.20. The van der Waals surface area contributed by atoms with E-state index in [1.807, 2.05) is 0 Å². The van der Waals surface area contributed by atoms with E-state index in [0.717, 1.165) is 6.92 Å². The average Bonchev–Trinajstić information content (AvgIpc) is 2.11. The van der Waals surface area contributed by atoms with Gasteiger partial charge in [0.1, 0.15) is 0 Å². The zero-order chi connectivity index (χ0) is 12.2. The summed E-state index contributed by atoms with van der Waals surface area (Å²) in [4.78, 5) is 9.00. The Bertz CT molecular complexity index is 340. The maximum Gasteiger partial charge on any atom is 0.300 e. The summed E-state index contributed by atoms with van der Waals surface area (Å²) < 4.78 is 0. The van der Waals surface area contributed by atoms with E-state index in [4.69, 9.17) is 9.90 Å². The Morgan fingerprint density at radius 1 is 1.13 bits per heavy atom. The maximum atomic E-state index is 9.00. The van der Waals surface area contributed by atoms with E-state index in [9.17, 15) is 0 Å². The van der Waals surface area contributed by atoms with Crippen molar-refractivity contribution in [3.05, 3.63) is 28.3 Å². The lowest BCUT2D eigenvalue weighted by Gasteiger charge is -2.10. The van der Waals surface area contributed by atoms with Crippen LogP contribution in [0.3, 0.4) is 0 Å². The number of benzene rings is 1. The van der Waals surface area contributed by atoms with Crippen molar-refractivity contribution in [2.45, 2.75) is 34.6 Å². The van der Waals surface area contributed by atoms with Gasteiger partial charge in [-0.2, -0.15) is 0 Å². The highest BCUT2D eigenvalue weighted by Gasteiger charge is 2.02. The van der Waals surface area contributed by atoms with Crippen LogP contribution in [0.4, 0.5) is 0 Å². The highest BCUT2D eigenvalue weighted by molar-refractivity contribution is 7.27. The molecule has 0 saturated carbocycles. The van der Waals surface area contributed by atoms with Crippen molar-refractivity contribution in [3.63, 3.8) is 0 Å². The van der Waals surface area contributed by atoms with Crippen molar-refractivity contribution < 1.29 is 9.90 Å². The molecule has 3 heteroatoms. The van der Waals surface area contributed by atoms with Gasteiger partial charge in [-0.3, -0.25) is 4.79 Å². The molecule has 0 aromatic heterocycles. The van der Waals surface area contributed by atoms with Gasteiger partial charge in [-0.15, -0.1) is 9.24 Å². The summed E-state index contributed by atoms with van der Waals surface area (Å²) in [6.07, 6.45) is 0. The lowest BCUT2D eigenvalue weighted by Crippen LogP contribution is -2.03. The highest BCUT2D eigenvalue weighted by Crippen LogP contribution is 2.15. The molecule has 0 amide bonds. The summed E-state index contributed by atoms with van der Waals surface area (Å²) in [5.41, 5.74) is 5.64. The molecule has 0 aliphatic carbocycles. The van der Waals surface area contributed by atoms with Crippen LogP contribution in [0.25, 0.3) is 0 Å². The van der Waals surface area contributed by atoms with E-state index in [2.05, 4.69) is 43.0 Å². The average molecular weight is 226 g/mol. The van der Waals surface area contributed by atoms with Gasteiger partial charge in [0, 0.05) is 6.92 Å². The lowest BCUT2D eigenvalue weighted by atomic mass is 10.00. The minimum Gasteiger partial charge on any atom is -0.481 e. The molecular formula is C12H19O2P. The monoisotopic (exact) mass is 226 g/mol. The number of carboxylic acids is 1. The predicted molar refractivity (Wildman–Crippen MR) is 68.0 cm³/mol. The summed E-state index contributed by atoms with van der Waals surface area (Å²) in [5.74, 6) is -0.833. The maximum absolute atomic E-state index is 9.00. The second-order valence-corrected chi connectivity index (χ2v) is 4.30. The van der Waals surface area contributed by atoms with Gasteiger partial charge >= 0.3 is 0 Å². The molecule has 0 aliphatic rings. The molecule has 0 bridgehead atoms. The van der Waals surface area contributed by atoms with Gasteiger partial charge in [0.15, 0.2) is 0 Å². The van der Waals surface area contributed by atoms with Gasteiger partial charge in [0.2, 0.25) is 0 Å². The van der Waals surface area contributed by atoms with E-state index in [1.165, 1.54) is 27.6 Å². The molecule has 0 aliphatic heterocycles. The van der Waals surface area contributed by atoms with Gasteiger partial charge in [0.05, 0.1) is 0 Å². The molecule has 0 fully saturated rings. The van der Waals surface area contributed by atoms with Crippen molar-refractivity contribution in [2.75, 3.05) is 0 Å². The largest absolute Gasteiger partial charge is 0.481 e. The number of aliphatic carboxylic acids is 1. The van der Waals surface area contributed by atoms with Gasteiger partial charge in [0.25, 0.3) is 5.97 Å². The molecule has 0 radical (unpaired) electrons. The number of aryl methyl sites for hydroxylation is 1. The molecule has 15 heavy (non-hydrogen) atoms. The zero-order valence-electron chi connectivity index (χ0n) is 10.0. The second-order valence-electron chi connectivity index (χ2n) is 3.68. The summed E-state index contributed by atoms with van der Waals surface area (Å²) in [6, 6.07) is 2.22. The van der Waals surface area contributed by atoms with Crippen LogP contribution in [0, 0.1) is 27.7 Å². The molecule has 1 rings (SSSR count). The fourth-order valence-corrected chi connectivity index (χ4v) is 1.71. The summed E-state index contributed by atoms with van der Waals surface area (Å²) >= 11 is 0. The van der Waals surface area contributed by atoms with Crippen molar-refractivity contribution in [1.82, 2.24) is 0 Å². The second kappa shape index (κ2) is 5.87. The molecular weight excluding hydrogens is 207 g/mol. The standard InChI is InChI=1S/C10H15P.C2H4O2/c1-6-5-10(11)9(4)8(3)7(6)2;1-2(3)4/h5H,11H2,1-4H3;1H3,(H,3,4). The van der Waals surface area contributed by atoms with E-state index in [1.54, 1.807) is 0 Å². The van der Waals surface area contributed by atoms with E-state index >= 15 is 0 Å². The van der Waals surface area contributed by atoms with Crippen molar-refractivity contribution in [1.29, 1.82) is 0 Å². The first-order valence-electron chi connectivity index (χ1n) is 4.79. The van der Waals surface area contributed by atoms with Crippen LogP contribution in [-0.2, 0) is 4.79 Å². The number of carbonyl (C=O) groups is 1. The Labute approximate surface area is 93.9 Å². The fraction of sp³-hybridized carbons (Fsp3) is 0.417. The van der Waals surface area contributed by atoms with Crippen LogP contribution >= 0.6 is 9.24 Å². The lowest BCUT2D eigenvalue weighted by molar-refractivity contribution is -0.134. The number of carboxylic acid groups (broad SMARTS) is 1. The zero-order valence-corrected chi connectivity index (χ0v) is 11.2. The molecule has 1 N–H and O–H groups in total. The predicted octanol–water partition coefficient (Wildman–Crippen LogP) is 2.51. The van der Waals surface area contributed by atoms with Gasteiger partial charge in [-0.05, 0) is 55.3 Å². The third kappa shape index (κ3) is 4.44. The summed E-state index contributed by atoms with van der Waals surface area (Å²) in [5, 5.41) is 8.74. The topological polar surface area (TPSA) is 37.3 Å². The van der Waals surface area contributed by atoms with Crippen molar-refractivity contribution >= 4 is 20.5 Å².